The molecule has 2 aromatic rings. The van der Waals surface area contributed by atoms with Crippen LogP contribution in [0.3, 0.4) is 0 Å². The molecule has 2 rings (SSSR count). The van der Waals surface area contributed by atoms with E-state index in [1.54, 1.807) is 0 Å². The molecule has 0 radical (unpaired) electrons. The minimum atomic E-state index is 0.578. The summed E-state index contributed by atoms with van der Waals surface area (Å²) in [5.74, 6) is 0.697. The van der Waals surface area contributed by atoms with Crippen LogP contribution in [-0.2, 0) is 6.42 Å². The number of unbranched alkanes of at least 4 members (excludes halogenated alkanes) is 11. The highest BCUT2D eigenvalue weighted by Crippen LogP contribution is 2.32. The molecule has 1 aromatic carbocycles. The van der Waals surface area contributed by atoms with Crippen LogP contribution in [0.5, 0.6) is 0 Å². The zero-order valence-corrected chi connectivity index (χ0v) is 20.5. The summed E-state index contributed by atoms with van der Waals surface area (Å²) < 4.78 is 2.41. The van der Waals surface area contributed by atoms with E-state index in [0.717, 1.165) is 0 Å². The van der Waals surface area contributed by atoms with Crippen molar-refractivity contribution in [1.29, 1.82) is 0 Å². The fourth-order valence-corrected chi connectivity index (χ4v) is 4.94. The van der Waals surface area contributed by atoms with Crippen molar-refractivity contribution in [2.24, 2.45) is 5.92 Å². The number of hydrogen-bond acceptors (Lipinski definition) is 1. The van der Waals surface area contributed by atoms with Crippen molar-refractivity contribution < 1.29 is 0 Å². The topological polar surface area (TPSA) is 17.8 Å². The van der Waals surface area contributed by atoms with Gasteiger partial charge in [-0.2, -0.15) is 0 Å². The van der Waals surface area contributed by atoms with E-state index in [-0.39, 0.29) is 0 Å². The number of rotatable bonds is 19. The zero-order chi connectivity index (χ0) is 22.0. The molecule has 1 heterocycles. The van der Waals surface area contributed by atoms with Crippen LogP contribution in [0.15, 0.2) is 49.1 Å². The van der Waals surface area contributed by atoms with Crippen LogP contribution in [-0.4, -0.2) is 9.55 Å². The molecule has 0 spiro atoms. The number of benzene rings is 1. The minimum absolute atomic E-state index is 0.578. The van der Waals surface area contributed by atoms with E-state index in [1.165, 1.54) is 108 Å². The molecule has 2 atom stereocenters. The molecule has 0 fully saturated rings. The van der Waals surface area contributed by atoms with Gasteiger partial charge >= 0.3 is 0 Å². The molecule has 1 aromatic heterocycles. The lowest BCUT2D eigenvalue weighted by molar-refractivity contribution is 0.275. The van der Waals surface area contributed by atoms with Gasteiger partial charge in [0.25, 0.3) is 0 Å². The first-order valence-corrected chi connectivity index (χ1v) is 13.4. The molecule has 0 saturated carbocycles. The lowest BCUT2D eigenvalue weighted by atomic mass is 9.84. The minimum Gasteiger partial charge on any atom is -0.334 e. The van der Waals surface area contributed by atoms with E-state index < -0.39 is 0 Å². The Hall–Kier alpha value is -1.57. The van der Waals surface area contributed by atoms with Crippen LogP contribution < -0.4 is 0 Å². The fourth-order valence-electron chi connectivity index (χ4n) is 4.94. The molecule has 174 valence electrons. The molecule has 0 bridgehead atoms. The molecule has 0 aliphatic heterocycles. The van der Waals surface area contributed by atoms with Crippen molar-refractivity contribution in [3.63, 3.8) is 0 Å². The van der Waals surface area contributed by atoms with Crippen LogP contribution in [0.1, 0.15) is 122 Å². The second kappa shape index (κ2) is 17.0. The highest BCUT2D eigenvalue weighted by molar-refractivity contribution is 5.15. The maximum Gasteiger partial charge on any atom is 0.0948 e. The first-order valence-electron chi connectivity index (χ1n) is 13.4. The second-order valence-electron chi connectivity index (χ2n) is 9.49. The van der Waals surface area contributed by atoms with Gasteiger partial charge in [-0.25, -0.2) is 4.98 Å². The monoisotopic (exact) mass is 424 g/mol. The molecule has 0 aliphatic rings. The Morgan fingerprint density at radius 3 is 1.87 bits per heavy atom. The predicted octanol–water partition coefficient (Wildman–Crippen LogP) is 9.17. The number of nitrogens with zero attached hydrogens (tertiary/aromatic N) is 2. The molecular formula is C29H48N2. The Balaban J connectivity index is 1.92. The molecule has 0 aliphatic carbocycles. The van der Waals surface area contributed by atoms with E-state index >= 15 is 0 Å². The fraction of sp³-hybridized carbons (Fsp3) is 0.690. The average Bonchev–Trinajstić information content (AvgIpc) is 3.33. The Morgan fingerprint density at radius 2 is 1.29 bits per heavy atom. The highest BCUT2D eigenvalue weighted by Gasteiger charge is 2.22. The van der Waals surface area contributed by atoms with E-state index in [9.17, 15) is 0 Å². The summed E-state index contributed by atoms with van der Waals surface area (Å²) in [5.41, 5.74) is 1.49. The maximum absolute atomic E-state index is 4.40. The lowest BCUT2D eigenvalue weighted by Crippen LogP contribution is -2.21. The van der Waals surface area contributed by atoms with Gasteiger partial charge in [-0.15, -0.1) is 0 Å². The largest absolute Gasteiger partial charge is 0.334 e. The zero-order valence-electron chi connectivity index (χ0n) is 20.5. The van der Waals surface area contributed by atoms with E-state index in [2.05, 4.69) is 66.3 Å². The van der Waals surface area contributed by atoms with Gasteiger partial charge in [0.2, 0.25) is 0 Å². The third-order valence-corrected chi connectivity index (χ3v) is 6.82. The summed E-state index contributed by atoms with van der Waals surface area (Å²) in [5, 5.41) is 0. The second-order valence-corrected chi connectivity index (χ2v) is 9.49. The molecular weight excluding hydrogens is 376 g/mol. The van der Waals surface area contributed by atoms with Crippen molar-refractivity contribution in [3.05, 3.63) is 54.6 Å². The summed E-state index contributed by atoms with van der Waals surface area (Å²) >= 11 is 0. The predicted molar refractivity (Wildman–Crippen MR) is 136 cm³/mol. The van der Waals surface area contributed by atoms with Crippen LogP contribution >= 0.6 is 0 Å². The Bertz CT molecular complexity index is 619. The third kappa shape index (κ3) is 11.0. The quantitative estimate of drug-likeness (QED) is 0.205. The summed E-state index contributed by atoms with van der Waals surface area (Å²) in [7, 11) is 0. The first kappa shape index (κ1) is 25.7. The molecule has 31 heavy (non-hydrogen) atoms. The van der Waals surface area contributed by atoms with E-state index in [4.69, 9.17) is 0 Å². The van der Waals surface area contributed by atoms with Crippen LogP contribution in [0, 0.1) is 5.92 Å². The molecule has 0 N–H and O–H groups in total. The van der Waals surface area contributed by atoms with Crippen LogP contribution in [0.4, 0.5) is 0 Å². The van der Waals surface area contributed by atoms with E-state index in [1.807, 2.05) is 6.20 Å². The molecule has 0 amide bonds. The summed E-state index contributed by atoms with van der Waals surface area (Å²) in [6, 6.07) is 11.7. The number of aromatic nitrogens is 2. The van der Waals surface area contributed by atoms with Gasteiger partial charge in [-0.3, -0.25) is 0 Å². The maximum atomic E-state index is 4.40. The van der Waals surface area contributed by atoms with Gasteiger partial charge in [0.1, 0.15) is 0 Å². The third-order valence-electron chi connectivity index (χ3n) is 6.82. The van der Waals surface area contributed by atoms with E-state index in [0.29, 0.717) is 12.0 Å². The van der Waals surface area contributed by atoms with Gasteiger partial charge in [0.15, 0.2) is 0 Å². The van der Waals surface area contributed by atoms with Gasteiger partial charge in [0.05, 0.1) is 6.33 Å². The normalized spacial score (nSPS) is 13.4. The summed E-state index contributed by atoms with van der Waals surface area (Å²) in [6.07, 6.45) is 28.0. The van der Waals surface area contributed by atoms with Gasteiger partial charge in [-0.1, -0.05) is 128 Å². The summed E-state index contributed by atoms with van der Waals surface area (Å²) in [6.45, 7) is 4.60. The standard InChI is InChI=1S/C29H48N2/c1-3-5-7-9-10-11-13-17-21-28(25-27-19-15-14-16-20-27)29(31-24-23-30-26-31)22-18-12-8-6-4-2/h14-16,19-20,23-24,26,28-29H,3-13,17-18,21-22,25H2,1-2H3. The summed E-state index contributed by atoms with van der Waals surface area (Å²) in [4.78, 5) is 4.40. The molecule has 2 heteroatoms. The van der Waals surface area contributed by atoms with Crippen molar-refractivity contribution in [2.75, 3.05) is 0 Å². The number of hydrogen-bond donors (Lipinski definition) is 0. The Labute approximate surface area is 192 Å². The first-order chi connectivity index (χ1) is 15.3. The Morgan fingerprint density at radius 1 is 0.710 bits per heavy atom. The van der Waals surface area contributed by atoms with Gasteiger partial charge in [-0.05, 0) is 30.7 Å². The van der Waals surface area contributed by atoms with Gasteiger partial charge < -0.3 is 4.57 Å². The van der Waals surface area contributed by atoms with Crippen LogP contribution in [0.2, 0.25) is 0 Å². The molecule has 2 unspecified atom stereocenters. The lowest BCUT2D eigenvalue weighted by Gasteiger charge is -2.29. The van der Waals surface area contributed by atoms with Crippen molar-refractivity contribution in [1.82, 2.24) is 9.55 Å². The smallest absolute Gasteiger partial charge is 0.0948 e. The molecule has 2 nitrogen and oxygen atoms in total. The van der Waals surface area contributed by atoms with Crippen molar-refractivity contribution in [3.8, 4) is 0 Å². The average molecular weight is 425 g/mol. The molecule has 0 saturated heterocycles. The number of imidazole rings is 1. The Kier molecular flexibility index (Phi) is 14.1. The van der Waals surface area contributed by atoms with Gasteiger partial charge in [0, 0.05) is 18.4 Å². The highest BCUT2D eigenvalue weighted by atomic mass is 15.1. The van der Waals surface area contributed by atoms with Crippen molar-refractivity contribution in [2.45, 2.75) is 123 Å². The SMILES string of the molecule is CCCCCCCCCCC(Cc1ccccc1)C(CCCCCCC)n1ccnc1. The van der Waals surface area contributed by atoms with Crippen molar-refractivity contribution >= 4 is 0 Å². The van der Waals surface area contributed by atoms with Crippen LogP contribution in [0.25, 0.3) is 0 Å².